The molecule has 0 heterocycles. The van der Waals surface area contributed by atoms with Crippen LogP contribution >= 0.6 is 11.9 Å². The Hall–Kier alpha value is -1.66. The smallest absolute Gasteiger partial charge is 0.330 e. The van der Waals surface area contributed by atoms with Crippen molar-refractivity contribution in [3.05, 3.63) is 35.9 Å². The van der Waals surface area contributed by atoms with Crippen LogP contribution in [-0.4, -0.2) is 22.0 Å². The van der Waals surface area contributed by atoms with Crippen molar-refractivity contribution in [3.63, 3.8) is 0 Å². The van der Waals surface area contributed by atoms with Gasteiger partial charge in [-0.3, -0.25) is 9.59 Å². The van der Waals surface area contributed by atoms with Crippen LogP contribution in [0.3, 0.4) is 0 Å². The van der Waals surface area contributed by atoms with Gasteiger partial charge in [0.25, 0.3) is 0 Å². The van der Waals surface area contributed by atoms with Gasteiger partial charge in [-0.05, 0) is 23.4 Å². The molecule has 0 aliphatic heterocycles. The molecule has 0 aliphatic carbocycles. The molecule has 6 heteroatoms. The SMILES string of the molecule is CCC(=O)[C@@H](C(C)C)[C@](NSC(C)=O)(C(=O)O)c1ccccc1. The largest absolute Gasteiger partial charge is 0.480 e. The number of aliphatic carboxylic acids is 1. The lowest BCUT2D eigenvalue weighted by Gasteiger charge is -2.39. The Balaban J connectivity index is 3.57. The number of hydrogen-bond donors (Lipinski definition) is 2. The van der Waals surface area contributed by atoms with E-state index in [1.807, 2.05) is 13.8 Å². The molecule has 1 aromatic rings. The van der Waals surface area contributed by atoms with Gasteiger partial charge < -0.3 is 5.11 Å². The van der Waals surface area contributed by atoms with Crippen LogP contribution in [0, 0.1) is 11.8 Å². The maximum Gasteiger partial charge on any atom is 0.330 e. The van der Waals surface area contributed by atoms with Gasteiger partial charge in [-0.2, -0.15) is 0 Å². The van der Waals surface area contributed by atoms with Gasteiger partial charge >= 0.3 is 5.97 Å². The van der Waals surface area contributed by atoms with E-state index >= 15 is 0 Å². The highest BCUT2D eigenvalue weighted by Gasteiger charge is 2.51. The number of carboxylic acids is 1. The van der Waals surface area contributed by atoms with E-state index in [0.717, 1.165) is 0 Å². The highest BCUT2D eigenvalue weighted by atomic mass is 32.2. The molecule has 1 aromatic carbocycles. The predicted octanol–water partition coefficient (Wildman–Crippen LogP) is 3.00. The van der Waals surface area contributed by atoms with Crippen LogP contribution in [0.1, 0.15) is 39.7 Å². The van der Waals surface area contributed by atoms with Gasteiger partial charge in [-0.25, -0.2) is 9.52 Å². The maximum absolute atomic E-state index is 12.5. The van der Waals surface area contributed by atoms with E-state index in [-0.39, 0.29) is 23.2 Å². The number of carboxylic acid groups (broad SMARTS) is 1. The summed E-state index contributed by atoms with van der Waals surface area (Å²) in [5.74, 6) is -2.32. The first-order chi connectivity index (χ1) is 10.8. The van der Waals surface area contributed by atoms with Crippen LogP contribution in [0.25, 0.3) is 0 Å². The third-order valence-corrected chi connectivity index (χ3v) is 4.46. The van der Waals surface area contributed by atoms with Crippen molar-refractivity contribution in [2.24, 2.45) is 11.8 Å². The first-order valence-corrected chi connectivity index (χ1v) is 8.35. The quantitative estimate of drug-likeness (QED) is 0.710. The number of ketones is 1. The van der Waals surface area contributed by atoms with E-state index in [1.165, 1.54) is 6.92 Å². The van der Waals surface area contributed by atoms with Gasteiger partial charge in [0.05, 0.1) is 5.92 Å². The van der Waals surface area contributed by atoms with E-state index in [9.17, 15) is 19.5 Å². The summed E-state index contributed by atoms with van der Waals surface area (Å²) in [6.07, 6.45) is 0.233. The lowest BCUT2D eigenvalue weighted by Crippen LogP contribution is -2.56. The Morgan fingerprint density at radius 3 is 2.17 bits per heavy atom. The topological polar surface area (TPSA) is 83.5 Å². The molecule has 2 atom stereocenters. The molecule has 0 fully saturated rings. The first-order valence-electron chi connectivity index (χ1n) is 7.53. The van der Waals surface area contributed by atoms with Crippen molar-refractivity contribution in [1.29, 1.82) is 0 Å². The van der Waals surface area contributed by atoms with Crippen LogP contribution in [0.2, 0.25) is 0 Å². The molecule has 126 valence electrons. The summed E-state index contributed by atoms with van der Waals surface area (Å²) in [4.78, 5) is 36.2. The molecule has 0 saturated carbocycles. The molecular formula is C17H23NO4S. The van der Waals surface area contributed by atoms with Gasteiger partial charge in [0.2, 0.25) is 5.12 Å². The average molecular weight is 337 g/mol. The highest BCUT2D eigenvalue weighted by molar-refractivity contribution is 8.11. The summed E-state index contributed by atoms with van der Waals surface area (Å²) in [5.41, 5.74) is -1.19. The van der Waals surface area contributed by atoms with Crippen LogP contribution in [0.5, 0.6) is 0 Å². The van der Waals surface area contributed by atoms with Crippen molar-refractivity contribution in [2.75, 3.05) is 0 Å². The Morgan fingerprint density at radius 2 is 1.78 bits per heavy atom. The van der Waals surface area contributed by atoms with E-state index in [0.29, 0.717) is 17.5 Å². The highest BCUT2D eigenvalue weighted by Crippen LogP contribution is 2.38. The number of carbonyl (C=O) groups excluding carboxylic acids is 2. The number of Topliss-reactive ketones (excluding diaryl/α,β-unsaturated/α-hetero) is 1. The minimum Gasteiger partial charge on any atom is -0.480 e. The Kier molecular flexibility index (Phi) is 6.97. The zero-order valence-electron chi connectivity index (χ0n) is 13.8. The third kappa shape index (κ3) is 4.20. The van der Waals surface area contributed by atoms with Crippen LogP contribution < -0.4 is 4.72 Å². The molecule has 0 radical (unpaired) electrons. The van der Waals surface area contributed by atoms with E-state index < -0.39 is 17.4 Å². The second-order valence-corrected chi connectivity index (χ2v) is 6.70. The van der Waals surface area contributed by atoms with Crippen molar-refractivity contribution >= 4 is 28.8 Å². The van der Waals surface area contributed by atoms with E-state index in [1.54, 1.807) is 37.3 Å². The minimum atomic E-state index is -1.65. The van der Waals surface area contributed by atoms with Gasteiger partial charge in [0.1, 0.15) is 5.78 Å². The minimum absolute atomic E-state index is 0.150. The Morgan fingerprint density at radius 1 is 1.22 bits per heavy atom. The third-order valence-electron chi connectivity index (χ3n) is 3.75. The van der Waals surface area contributed by atoms with Gasteiger partial charge in [0, 0.05) is 13.3 Å². The van der Waals surface area contributed by atoms with Gasteiger partial charge in [-0.1, -0.05) is 51.1 Å². The molecule has 2 N–H and O–H groups in total. The predicted molar refractivity (Wildman–Crippen MR) is 90.8 cm³/mol. The van der Waals surface area contributed by atoms with Crippen molar-refractivity contribution in [1.82, 2.24) is 4.72 Å². The number of nitrogens with one attached hydrogen (secondary N) is 1. The molecule has 0 spiro atoms. The van der Waals surface area contributed by atoms with Gasteiger partial charge in [0.15, 0.2) is 5.54 Å². The molecule has 1 rings (SSSR count). The number of hydrogen-bond acceptors (Lipinski definition) is 5. The summed E-state index contributed by atoms with van der Waals surface area (Å²) >= 11 is 0.713. The molecule has 0 aliphatic rings. The lowest BCUT2D eigenvalue weighted by atomic mass is 9.70. The normalized spacial score (nSPS) is 15.0. The average Bonchev–Trinajstić information content (AvgIpc) is 2.50. The van der Waals surface area contributed by atoms with Crippen LogP contribution in [0.15, 0.2) is 30.3 Å². The number of rotatable bonds is 8. The summed E-state index contributed by atoms with van der Waals surface area (Å²) < 4.78 is 2.79. The molecular weight excluding hydrogens is 314 g/mol. The lowest BCUT2D eigenvalue weighted by molar-refractivity contribution is -0.151. The summed E-state index contributed by atoms with van der Waals surface area (Å²) in [6.45, 7) is 6.70. The summed E-state index contributed by atoms with van der Waals surface area (Å²) in [6, 6.07) is 8.56. The molecule has 0 aromatic heterocycles. The monoisotopic (exact) mass is 337 g/mol. The van der Waals surface area contributed by atoms with E-state index in [2.05, 4.69) is 4.72 Å². The molecule has 0 amide bonds. The standard InChI is InChI=1S/C17H23NO4S/c1-5-14(20)15(11(2)3)17(16(21)22,18-23-12(4)19)13-9-7-6-8-10-13/h6-11,15,18H,5H2,1-4H3,(H,21,22)/t15-,17+/m1/s1. The Bertz CT molecular complexity index is 573. The molecule has 0 bridgehead atoms. The zero-order valence-corrected chi connectivity index (χ0v) is 14.6. The zero-order chi connectivity index (χ0) is 17.6. The number of carbonyl (C=O) groups is 3. The van der Waals surface area contributed by atoms with Crippen molar-refractivity contribution in [3.8, 4) is 0 Å². The van der Waals surface area contributed by atoms with Crippen LogP contribution in [-0.2, 0) is 19.9 Å². The fraction of sp³-hybridized carbons (Fsp3) is 0.471. The fourth-order valence-corrected chi connectivity index (χ4v) is 3.43. The second kappa shape index (κ2) is 8.26. The Labute approximate surface area is 141 Å². The summed E-state index contributed by atoms with van der Waals surface area (Å²) in [5, 5.41) is 9.75. The molecule has 0 saturated heterocycles. The van der Waals surface area contributed by atoms with Gasteiger partial charge in [-0.15, -0.1) is 0 Å². The van der Waals surface area contributed by atoms with Crippen molar-refractivity contribution < 1.29 is 19.5 Å². The second-order valence-electron chi connectivity index (χ2n) is 5.72. The summed E-state index contributed by atoms with van der Waals surface area (Å²) in [7, 11) is 0. The maximum atomic E-state index is 12.5. The molecule has 23 heavy (non-hydrogen) atoms. The number of benzene rings is 1. The fourth-order valence-electron chi connectivity index (χ4n) is 2.79. The van der Waals surface area contributed by atoms with Crippen molar-refractivity contribution in [2.45, 2.75) is 39.7 Å². The van der Waals surface area contributed by atoms with E-state index in [4.69, 9.17) is 0 Å². The molecule has 5 nitrogen and oxygen atoms in total. The van der Waals surface area contributed by atoms with Crippen LogP contribution in [0.4, 0.5) is 0 Å². The first kappa shape index (κ1) is 19.4. The molecule has 0 unspecified atom stereocenters.